The van der Waals surface area contributed by atoms with E-state index in [0.29, 0.717) is 17.9 Å². The summed E-state index contributed by atoms with van der Waals surface area (Å²) in [6.07, 6.45) is 0. The summed E-state index contributed by atoms with van der Waals surface area (Å²) in [4.78, 5) is 27.7. The number of thioether (sulfide) groups is 1. The number of nitrogens with zero attached hydrogens (tertiary/aromatic N) is 5. The van der Waals surface area contributed by atoms with E-state index in [1.165, 1.54) is 0 Å². The Balaban J connectivity index is 1.34. The van der Waals surface area contributed by atoms with Crippen LogP contribution in [0.2, 0.25) is 0 Å². The van der Waals surface area contributed by atoms with Gasteiger partial charge in [-0.05, 0) is 35.4 Å². The quantitative estimate of drug-likeness (QED) is 0.534. The molecule has 2 aromatic carbocycles. The molecule has 0 aliphatic carbocycles. The first kappa shape index (κ1) is 21.6. The smallest absolute Gasteiger partial charge is 0.249 e. The number of amides is 2. The van der Waals surface area contributed by atoms with Gasteiger partial charge in [-0.1, -0.05) is 60.7 Å². The van der Waals surface area contributed by atoms with Gasteiger partial charge in [0.1, 0.15) is 23.5 Å². The first-order valence-corrected chi connectivity index (χ1v) is 11.7. The lowest BCUT2D eigenvalue weighted by Gasteiger charge is -2.44. The van der Waals surface area contributed by atoms with Gasteiger partial charge in [0.25, 0.3) is 0 Å². The number of nitrogens with two attached hydrogens (primary N) is 1. The van der Waals surface area contributed by atoms with E-state index in [1.807, 2.05) is 48.5 Å². The first-order valence-electron chi connectivity index (χ1n) is 10.8. The molecule has 2 aliphatic rings. The molecule has 0 spiro atoms. The van der Waals surface area contributed by atoms with E-state index < -0.39 is 12.1 Å². The molecule has 1 aromatic heterocycles. The van der Waals surface area contributed by atoms with E-state index in [0.717, 1.165) is 5.56 Å². The van der Waals surface area contributed by atoms with Gasteiger partial charge in [0.2, 0.25) is 11.8 Å². The van der Waals surface area contributed by atoms with Crippen LogP contribution in [0.5, 0.6) is 0 Å². The number of hydrogen-bond donors (Lipinski definition) is 2. The van der Waals surface area contributed by atoms with Crippen LogP contribution in [-0.4, -0.2) is 53.1 Å². The van der Waals surface area contributed by atoms with Gasteiger partial charge >= 0.3 is 0 Å². The predicted octanol–water partition coefficient (Wildman–Crippen LogP) is 1.64. The van der Waals surface area contributed by atoms with Crippen molar-refractivity contribution in [1.82, 2.24) is 30.4 Å². The summed E-state index contributed by atoms with van der Waals surface area (Å²) in [6, 6.07) is 17.3. The average Bonchev–Trinajstić information content (AvgIpc) is 3.37. The predicted molar refractivity (Wildman–Crippen MR) is 124 cm³/mol. The number of carbonyl (C=O) groups excluding carboxylic acids is 2. The van der Waals surface area contributed by atoms with Crippen molar-refractivity contribution < 1.29 is 9.59 Å². The number of rotatable bonds is 6. The molecule has 3 unspecified atom stereocenters. The number of benzene rings is 2. The lowest BCUT2D eigenvalue weighted by molar-refractivity contribution is -0.152. The van der Waals surface area contributed by atoms with Gasteiger partial charge in [-0.2, -0.15) is 0 Å². The average molecular weight is 464 g/mol. The number of fused-ring (bicyclic) bond motifs is 1. The molecule has 2 amide bonds. The second-order valence-electron chi connectivity index (χ2n) is 8.81. The lowest BCUT2D eigenvalue weighted by atomic mass is 9.94. The van der Waals surface area contributed by atoms with E-state index in [1.54, 1.807) is 33.5 Å². The molecule has 9 nitrogen and oxygen atoms in total. The van der Waals surface area contributed by atoms with E-state index >= 15 is 0 Å². The second kappa shape index (κ2) is 8.27. The summed E-state index contributed by atoms with van der Waals surface area (Å²) in [6.45, 7) is 4.66. The molecule has 2 aliphatic heterocycles. The molecule has 3 aromatic rings. The molecule has 2 saturated heterocycles. The monoisotopic (exact) mass is 463 g/mol. The highest BCUT2D eigenvalue weighted by Gasteiger charge is 2.63. The van der Waals surface area contributed by atoms with Crippen LogP contribution in [-0.2, 0) is 16.1 Å². The van der Waals surface area contributed by atoms with Gasteiger partial charge in [0.15, 0.2) is 5.82 Å². The highest BCUT2D eigenvalue weighted by Crippen LogP contribution is 2.56. The molecule has 33 heavy (non-hydrogen) atoms. The van der Waals surface area contributed by atoms with Gasteiger partial charge < -0.3 is 16.0 Å². The molecule has 170 valence electrons. The fourth-order valence-corrected chi connectivity index (χ4v) is 6.13. The van der Waals surface area contributed by atoms with Gasteiger partial charge in [0.05, 0.1) is 6.54 Å². The zero-order valence-corrected chi connectivity index (χ0v) is 19.1. The summed E-state index contributed by atoms with van der Waals surface area (Å²) in [7, 11) is 0. The Morgan fingerprint density at radius 2 is 1.82 bits per heavy atom. The Kier molecular flexibility index (Phi) is 5.41. The van der Waals surface area contributed by atoms with Crippen LogP contribution in [0.3, 0.4) is 0 Å². The first-order chi connectivity index (χ1) is 15.9. The minimum atomic E-state index is -0.832. The number of carbonyl (C=O) groups is 2. The SMILES string of the molecule is CC1(C)S[C@@H]2C(NC(=O)C(N)c3ccccc3)C(=O)N2C1c1nnnn1Cc1ccccc1. The maximum absolute atomic E-state index is 13.2. The van der Waals surface area contributed by atoms with E-state index in [4.69, 9.17) is 5.73 Å². The summed E-state index contributed by atoms with van der Waals surface area (Å²) in [5.74, 6) is 0.124. The number of hydrogen-bond acceptors (Lipinski definition) is 7. The second-order valence-corrected chi connectivity index (χ2v) is 10.6. The Labute approximate surface area is 195 Å². The van der Waals surface area contributed by atoms with Crippen LogP contribution >= 0.6 is 11.8 Å². The number of nitrogens with one attached hydrogen (secondary N) is 1. The van der Waals surface area contributed by atoms with Crippen LogP contribution in [0.4, 0.5) is 0 Å². The van der Waals surface area contributed by atoms with Crippen LogP contribution in [0.25, 0.3) is 0 Å². The Morgan fingerprint density at radius 3 is 2.52 bits per heavy atom. The molecule has 3 N–H and O–H groups in total. The van der Waals surface area contributed by atoms with E-state index in [2.05, 4.69) is 34.7 Å². The molecule has 2 fully saturated rings. The third kappa shape index (κ3) is 3.79. The summed E-state index contributed by atoms with van der Waals surface area (Å²) in [5.41, 5.74) is 7.90. The normalized spacial score (nSPS) is 24.2. The number of β-lactam (4-membered cyclic amide) rings is 1. The number of tetrazole rings is 1. The molecule has 4 atom stereocenters. The Hall–Kier alpha value is -3.24. The fraction of sp³-hybridized carbons (Fsp3) is 0.348. The Bertz CT molecular complexity index is 1170. The molecule has 0 bridgehead atoms. The van der Waals surface area contributed by atoms with Crippen LogP contribution in [0.1, 0.15) is 42.9 Å². The highest BCUT2D eigenvalue weighted by molar-refractivity contribution is 8.01. The summed E-state index contributed by atoms with van der Waals surface area (Å²) >= 11 is 1.64. The molecule has 0 radical (unpaired) electrons. The zero-order valence-electron chi connectivity index (χ0n) is 18.3. The van der Waals surface area contributed by atoms with Crippen molar-refractivity contribution in [3.63, 3.8) is 0 Å². The van der Waals surface area contributed by atoms with Crippen molar-refractivity contribution >= 4 is 23.6 Å². The maximum atomic E-state index is 13.2. The summed E-state index contributed by atoms with van der Waals surface area (Å²) < 4.78 is 1.40. The van der Waals surface area contributed by atoms with Gasteiger partial charge in [-0.3, -0.25) is 9.59 Å². The zero-order chi connectivity index (χ0) is 23.2. The molecule has 10 heteroatoms. The van der Waals surface area contributed by atoms with Crippen LogP contribution in [0.15, 0.2) is 60.7 Å². The fourth-order valence-electron chi connectivity index (χ4n) is 4.50. The maximum Gasteiger partial charge on any atom is 0.249 e. The largest absolute Gasteiger partial charge is 0.340 e. The van der Waals surface area contributed by atoms with Crippen molar-refractivity contribution in [2.45, 2.75) is 48.6 Å². The molecule has 5 rings (SSSR count). The van der Waals surface area contributed by atoms with Crippen LogP contribution in [0, 0.1) is 0 Å². The van der Waals surface area contributed by atoms with Crippen molar-refractivity contribution in [3.8, 4) is 0 Å². The highest BCUT2D eigenvalue weighted by atomic mass is 32.2. The van der Waals surface area contributed by atoms with Crippen molar-refractivity contribution in [3.05, 3.63) is 77.6 Å². The van der Waals surface area contributed by atoms with Gasteiger partial charge in [-0.15, -0.1) is 16.9 Å². The van der Waals surface area contributed by atoms with Crippen LogP contribution < -0.4 is 11.1 Å². The number of aromatic nitrogens is 4. The third-order valence-electron chi connectivity index (χ3n) is 6.16. The Morgan fingerprint density at radius 1 is 1.15 bits per heavy atom. The lowest BCUT2D eigenvalue weighted by Crippen LogP contribution is -2.68. The minimum absolute atomic E-state index is 0.147. The molecular weight excluding hydrogens is 438 g/mol. The van der Waals surface area contributed by atoms with Crippen molar-refractivity contribution in [2.75, 3.05) is 0 Å². The molecule has 0 saturated carbocycles. The molecular formula is C23H25N7O2S. The topological polar surface area (TPSA) is 119 Å². The van der Waals surface area contributed by atoms with E-state index in [-0.39, 0.29) is 28.0 Å². The minimum Gasteiger partial charge on any atom is -0.340 e. The summed E-state index contributed by atoms with van der Waals surface area (Å²) in [5, 5.41) is 15.0. The van der Waals surface area contributed by atoms with Gasteiger partial charge in [-0.25, -0.2) is 4.68 Å². The van der Waals surface area contributed by atoms with Crippen molar-refractivity contribution in [2.24, 2.45) is 5.73 Å². The third-order valence-corrected chi connectivity index (χ3v) is 7.73. The molecule has 3 heterocycles. The van der Waals surface area contributed by atoms with Crippen molar-refractivity contribution in [1.29, 1.82) is 0 Å². The standard InChI is InChI=1S/C23H25N7O2S/c1-23(2)18(19-26-27-28-29(19)13-14-9-5-3-6-10-14)30-21(32)17(22(30)33-23)25-20(31)16(24)15-11-7-4-8-12-15/h3-12,16-18,22H,13,24H2,1-2H3,(H,25,31)/t16?,17?,18?,22-/m1/s1. The van der Waals surface area contributed by atoms with Gasteiger partial charge in [0, 0.05) is 4.75 Å². The van der Waals surface area contributed by atoms with E-state index in [9.17, 15) is 9.59 Å².